The second kappa shape index (κ2) is 5.76. The van der Waals surface area contributed by atoms with E-state index in [0.29, 0.717) is 10.7 Å². The van der Waals surface area contributed by atoms with Gasteiger partial charge in [-0.3, -0.25) is 19.3 Å². The fourth-order valence-electron chi connectivity index (χ4n) is 2.05. The SMILES string of the molecule is Cc1csc2nc(COc3ccc([N+](=O)[O-])cc3F)cc(=O)n12. The molecule has 0 fully saturated rings. The van der Waals surface area contributed by atoms with E-state index in [0.717, 1.165) is 17.8 Å². The van der Waals surface area contributed by atoms with Gasteiger partial charge in [0.1, 0.15) is 6.61 Å². The number of hydrogen-bond acceptors (Lipinski definition) is 6. The van der Waals surface area contributed by atoms with Crippen LogP contribution in [0.5, 0.6) is 5.75 Å². The number of ether oxygens (including phenoxy) is 1. The molecule has 0 aliphatic carbocycles. The molecule has 2 aromatic heterocycles. The minimum Gasteiger partial charge on any atom is -0.484 e. The number of non-ortho nitro benzene ring substituents is 1. The molecule has 9 heteroatoms. The monoisotopic (exact) mass is 335 g/mol. The maximum absolute atomic E-state index is 13.7. The largest absolute Gasteiger partial charge is 0.484 e. The predicted molar refractivity (Wildman–Crippen MR) is 81.5 cm³/mol. The number of hydrogen-bond donors (Lipinski definition) is 0. The lowest BCUT2D eigenvalue weighted by molar-refractivity contribution is -0.385. The molecule has 0 N–H and O–H groups in total. The van der Waals surface area contributed by atoms with Gasteiger partial charge in [-0.15, -0.1) is 11.3 Å². The number of halogens is 1. The third-order valence-corrected chi connectivity index (χ3v) is 4.07. The second-order valence-electron chi connectivity index (χ2n) is 4.74. The summed E-state index contributed by atoms with van der Waals surface area (Å²) in [7, 11) is 0. The first-order valence-electron chi connectivity index (χ1n) is 6.49. The summed E-state index contributed by atoms with van der Waals surface area (Å²) in [6.45, 7) is 1.69. The lowest BCUT2D eigenvalue weighted by atomic mass is 10.3. The van der Waals surface area contributed by atoms with Crippen LogP contribution < -0.4 is 10.3 Å². The number of aryl methyl sites for hydroxylation is 1. The zero-order chi connectivity index (χ0) is 16.6. The van der Waals surface area contributed by atoms with E-state index in [1.54, 1.807) is 6.92 Å². The van der Waals surface area contributed by atoms with E-state index >= 15 is 0 Å². The van der Waals surface area contributed by atoms with Gasteiger partial charge >= 0.3 is 0 Å². The molecule has 0 unspecified atom stereocenters. The molecule has 2 heterocycles. The number of aromatic nitrogens is 2. The van der Waals surface area contributed by atoms with Crippen molar-refractivity contribution in [3.63, 3.8) is 0 Å². The van der Waals surface area contributed by atoms with Gasteiger partial charge in [0.2, 0.25) is 0 Å². The Morgan fingerprint density at radius 1 is 1.43 bits per heavy atom. The Balaban J connectivity index is 1.83. The standard InChI is InChI=1S/C14H10FN3O4S/c1-8-7-23-14-16-9(4-13(19)17(8)14)6-22-12-3-2-10(18(20)21)5-11(12)15/h2-5,7H,6H2,1H3. The Labute approximate surface area is 132 Å². The Kier molecular flexibility index (Phi) is 3.78. The number of rotatable bonds is 4. The fourth-order valence-corrected chi connectivity index (χ4v) is 2.94. The lowest BCUT2D eigenvalue weighted by Gasteiger charge is -2.07. The Morgan fingerprint density at radius 3 is 2.91 bits per heavy atom. The van der Waals surface area contributed by atoms with Crippen molar-refractivity contribution in [1.82, 2.24) is 9.38 Å². The highest BCUT2D eigenvalue weighted by atomic mass is 32.1. The molecular weight excluding hydrogens is 325 g/mol. The van der Waals surface area contributed by atoms with Gasteiger partial charge < -0.3 is 4.74 Å². The van der Waals surface area contributed by atoms with Crippen LogP contribution in [-0.4, -0.2) is 14.3 Å². The molecule has 0 saturated heterocycles. The van der Waals surface area contributed by atoms with Gasteiger partial charge in [-0.1, -0.05) is 0 Å². The molecular formula is C14H10FN3O4S. The molecule has 0 bridgehead atoms. The van der Waals surface area contributed by atoms with Crippen molar-refractivity contribution in [3.05, 3.63) is 67.3 Å². The average Bonchev–Trinajstić information content (AvgIpc) is 2.87. The van der Waals surface area contributed by atoms with Crippen molar-refractivity contribution < 1.29 is 14.1 Å². The normalized spacial score (nSPS) is 10.9. The minimum atomic E-state index is -0.844. The van der Waals surface area contributed by atoms with Gasteiger partial charge in [0.25, 0.3) is 11.2 Å². The number of fused-ring (bicyclic) bond motifs is 1. The molecule has 1 aromatic carbocycles. The van der Waals surface area contributed by atoms with Crippen LogP contribution in [0.1, 0.15) is 11.4 Å². The first-order chi connectivity index (χ1) is 11.0. The number of nitro benzene ring substituents is 1. The van der Waals surface area contributed by atoms with Gasteiger partial charge in [0, 0.05) is 23.2 Å². The quantitative estimate of drug-likeness (QED) is 0.540. The number of benzene rings is 1. The highest BCUT2D eigenvalue weighted by Gasteiger charge is 2.12. The van der Waals surface area contributed by atoms with E-state index in [9.17, 15) is 19.3 Å². The van der Waals surface area contributed by atoms with Crippen LogP contribution in [0.3, 0.4) is 0 Å². The summed E-state index contributed by atoms with van der Waals surface area (Å²) in [5, 5.41) is 12.4. The van der Waals surface area contributed by atoms with E-state index in [-0.39, 0.29) is 23.6 Å². The molecule has 7 nitrogen and oxygen atoms in total. The van der Waals surface area contributed by atoms with Crippen LogP contribution in [0.2, 0.25) is 0 Å². The van der Waals surface area contributed by atoms with Crippen LogP contribution in [-0.2, 0) is 6.61 Å². The Bertz CT molecular complexity index is 966. The molecule has 0 saturated carbocycles. The molecule has 0 spiro atoms. The first kappa shape index (κ1) is 15.1. The second-order valence-corrected chi connectivity index (χ2v) is 5.58. The van der Waals surface area contributed by atoms with Gasteiger partial charge in [-0.05, 0) is 13.0 Å². The molecule has 0 amide bonds. The van der Waals surface area contributed by atoms with Gasteiger partial charge in [0.15, 0.2) is 16.5 Å². The van der Waals surface area contributed by atoms with Gasteiger partial charge in [-0.25, -0.2) is 9.37 Å². The van der Waals surface area contributed by atoms with Crippen LogP contribution in [0, 0.1) is 22.9 Å². The third kappa shape index (κ3) is 2.90. The van der Waals surface area contributed by atoms with E-state index in [1.165, 1.54) is 27.9 Å². The number of nitro groups is 1. The van der Waals surface area contributed by atoms with Crippen LogP contribution in [0.25, 0.3) is 4.96 Å². The molecule has 118 valence electrons. The minimum absolute atomic E-state index is 0.114. The van der Waals surface area contributed by atoms with Crippen molar-refractivity contribution in [2.45, 2.75) is 13.5 Å². The van der Waals surface area contributed by atoms with E-state index < -0.39 is 10.7 Å². The first-order valence-corrected chi connectivity index (χ1v) is 7.37. The summed E-state index contributed by atoms with van der Waals surface area (Å²) >= 11 is 1.32. The average molecular weight is 335 g/mol. The zero-order valence-corrected chi connectivity index (χ0v) is 12.7. The summed E-state index contributed by atoms with van der Waals surface area (Å²) in [5.74, 6) is -0.982. The van der Waals surface area contributed by atoms with Crippen molar-refractivity contribution in [1.29, 1.82) is 0 Å². The van der Waals surface area contributed by atoms with Gasteiger partial charge in [0.05, 0.1) is 16.7 Å². The van der Waals surface area contributed by atoms with E-state index in [1.807, 2.05) is 5.38 Å². The molecule has 3 aromatic rings. The highest BCUT2D eigenvalue weighted by Crippen LogP contribution is 2.23. The molecule has 0 radical (unpaired) electrons. The molecule has 3 rings (SSSR count). The maximum atomic E-state index is 13.7. The summed E-state index contributed by atoms with van der Waals surface area (Å²) in [4.78, 5) is 26.7. The van der Waals surface area contributed by atoms with Crippen molar-refractivity contribution >= 4 is 22.0 Å². The molecule has 23 heavy (non-hydrogen) atoms. The van der Waals surface area contributed by atoms with Crippen molar-refractivity contribution in [3.8, 4) is 5.75 Å². The summed E-state index contributed by atoms with van der Waals surface area (Å²) in [5.41, 5.74) is 0.546. The third-order valence-electron chi connectivity index (χ3n) is 3.13. The lowest BCUT2D eigenvalue weighted by Crippen LogP contribution is -2.16. The summed E-state index contributed by atoms with van der Waals surface area (Å²) < 4.78 is 20.5. The van der Waals surface area contributed by atoms with E-state index in [2.05, 4.69) is 4.98 Å². The van der Waals surface area contributed by atoms with Crippen LogP contribution in [0.4, 0.5) is 10.1 Å². The molecule has 0 aliphatic heterocycles. The Morgan fingerprint density at radius 2 is 2.22 bits per heavy atom. The highest BCUT2D eigenvalue weighted by molar-refractivity contribution is 7.15. The summed E-state index contributed by atoms with van der Waals surface area (Å²) in [6, 6.07) is 4.42. The molecule has 0 atom stereocenters. The van der Waals surface area contributed by atoms with Crippen LogP contribution in [0.15, 0.2) is 34.4 Å². The smallest absolute Gasteiger partial charge is 0.272 e. The number of nitrogens with zero attached hydrogens (tertiary/aromatic N) is 3. The van der Waals surface area contributed by atoms with Crippen molar-refractivity contribution in [2.75, 3.05) is 0 Å². The van der Waals surface area contributed by atoms with Crippen LogP contribution >= 0.6 is 11.3 Å². The van der Waals surface area contributed by atoms with E-state index in [4.69, 9.17) is 4.74 Å². The number of thiazole rings is 1. The summed E-state index contributed by atoms with van der Waals surface area (Å²) in [6.07, 6.45) is 0. The fraction of sp³-hybridized carbons (Fsp3) is 0.143. The van der Waals surface area contributed by atoms with Crippen molar-refractivity contribution in [2.24, 2.45) is 0 Å². The zero-order valence-electron chi connectivity index (χ0n) is 11.9. The molecule has 0 aliphatic rings. The Hall–Kier alpha value is -2.81. The maximum Gasteiger partial charge on any atom is 0.272 e. The predicted octanol–water partition coefficient (Wildman–Crippen LogP) is 2.69. The topological polar surface area (TPSA) is 86.7 Å². The van der Waals surface area contributed by atoms with Gasteiger partial charge in [-0.2, -0.15) is 0 Å².